The van der Waals surface area contributed by atoms with Crippen molar-refractivity contribution in [2.24, 2.45) is 5.92 Å². The second kappa shape index (κ2) is 11.2. The Bertz CT molecular complexity index is 687. The van der Waals surface area contributed by atoms with Gasteiger partial charge in [0.1, 0.15) is 5.00 Å². The molecule has 0 saturated heterocycles. The van der Waals surface area contributed by atoms with Crippen molar-refractivity contribution in [1.29, 1.82) is 0 Å². The molecule has 0 aliphatic heterocycles. The van der Waals surface area contributed by atoms with Crippen molar-refractivity contribution in [1.82, 2.24) is 5.32 Å². The Balaban J connectivity index is 2.60. The third-order valence-electron chi connectivity index (χ3n) is 3.84. The minimum absolute atomic E-state index is 0.00151. The highest BCUT2D eigenvalue weighted by Gasteiger charge is 2.20. The quantitative estimate of drug-likeness (QED) is 0.442. The molecule has 1 unspecified atom stereocenters. The number of hydrogen-bond acceptors (Lipinski definition) is 6. The molecule has 1 heterocycles. The molecule has 150 valence electrons. The van der Waals surface area contributed by atoms with Crippen LogP contribution in [0.3, 0.4) is 0 Å². The third-order valence-corrected chi connectivity index (χ3v) is 4.89. The summed E-state index contributed by atoms with van der Waals surface area (Å²) in [6.07, 6.45) is 3.42. The number of unbranched alkanes of at least 4 members (excludes halogenated alkanes) is 1. The van der Waals surface area contributed by atoms with Crippen molar-refractivity contribution in [3.63, 3.8) is 0 Å². The van der Waals surface area contributed by atoms with Crippen molar-refractivity contribution < 1.29 is 34.1 Å². The van der Waals surface area contributed by atoms with Crippen LogP contribution >= 0.6 is 11.3 Å². The minimum atomic E-state index is -1.73. The fourth-order valence-electron chi connectivity index (χ4n) is 2.24. The molecule has 0 fully saturated rings. The van der Waals surface area contributed by atoms with E-state index in [1.165, 1.54) is 6.07 Å². The zero-order valence-electron chi connectivity index (χ0n) is 15.2. The molecule has 0 aromatic carbocycles. The first-order chi connectivity index (χ1) is 12.8. The van der Waals surface area contributed by atoms with Gasteiger partial charge in [0.05, 0.1) is 18.7 Å². The van der Waals surface area contributed by atoms with Crippen LogP contribution in [0, 0.1) is 5.92 Å². The number of aliphatic carboxylic acids is 1. The number of hydrogen-bond donors (Lipinski definition) is 4. The fraction of sp³-hybridized carbons (Fsp3) is 0.529. The number of thiophene rings is 1. The molecule has 1 atom stereocenters. The monoisotopic (exact) mass is 400 g/mol. The summed E-state index contributed by atoms with van der Waals surface area (Å²) in [5.41, 5.74) is -0.245. The first-order valence-corrected chi connectivity index (χ1v) is 9.40. The molecule has 4 N–H and O–H groups in total. The van der Waals surface area contributed by atoms with E-state index in [1.54, 1.807) is 0 Å². The fourth-order valence-corrected chi connectivity index (χ4v) is 3.22. The van der Waals surface area contributed by atoms with Crippen molar-refractivity contribution in [3.8, 4) is 0 Å². The summed E-state index contributed by atoms with van der Waals surface area (Å²) >= 11 is 0.869. The lowest BCUT2D eigenvalue weighted by Gasteiger charge is -2.14. The summed E-state index contributed by atoms with van der Waals surface area (Å²) in [6.45, 7) is 4.44. The molecule has 10 heteroatoms. The van der Waals surface area contributed by atoms with Crippen molar-refractivity contribution in [3.05, 3.63) is 16.5 Å². The Hall–Kier alpha value is -2.62. The highest BCUT2D eigenvalue weighted by Crippen LogP contribution is 2.28. The lowest BCUT2D eigenvalue weighted by molar-refractivity contribution is -0.147. The molecule has 9 nitrogen and oxygen atoms in total. The van der Waals surface area contributed by atoms with Gasteiger partial charge in [-0.2, -0.15) is 0 Å². The summed E-state index contributed by atoms with van der Waals surface area (Å²) < 4.78 is 5.19. The second-order valence-electron chi connectivity index (χ2n) is 5.89. The molecule has 0 bridgehead atoms. The van der Waals surface area contributed by atoms with E-state index in [0.29, 0.717) is 17.4 Å². The number of carbonyl (C=O) groups excluding carboxylic acids is 2. The van der Waals surface area contributed by atoms with Gasteiger partial charge in [0.2, 0.25) is 0 Å². The van der Waals surface area contributed by atoms with Gasteiger partial charge in [0.15, 0.2) is 0 Å². The maximum absolute atomic E-state index is 11.8. The first-order valence-electron chi connectivity index (χ1n) is 8.59. The molecule has 1 rings (SSSR count). The number of carboxylic acid groups (broad SMARTS) is 2. The Labute approximate surface area is 160 Å². The van der Waals surface area contributed by atoms with Crippen LogP contribution in [0.2, 0.25) is 0 Å². The molecule has 0 aliphatic carbocycles. The predicted molar refractivity (Wildman–Crippen MR) is 99.0 cm³/mol. The van der Waals surface area contributed by atoms with Gasteiger partial charge >= 0.3 is 23.9 Å². The van der Waals surface area contributed by atoms with E-state index in [2.05, 4.69) is 12.2 Å². The van der Waals surface area contributed by atoms with E-state index in [9.17, 15) is 19.2 Å². The Kier molecular flexibility index (Phi) is 9.27. The molecule has 0 saturated carbocycles. The van der Waals surface area contributed by atoms with Crippen LogP contribution in [0.4, 0.5) is 9.80 Å². The number of anilines is 1. The van der Waals surface area contributed by atoms with Gasteiger partial charge < -0.3 is 25.6 Å². The van der Waals surface area contributed by atoms with Crippen molar-refractivity contribution in [2.45, 2.75) is 46.1 Å². The first kappa shape index (κ1) is 22.4. The number of ether oxygens (including phenoxy) is 1. The van der Waals surface area contributed by atoms with E-state index in [4.69, 9.17) is 14.9 Å². The van der Waals surface area contributed by atoms with Gasteiger partial charge in [-0.1, -0.05) is 33.1 Å². The summed E-state index contributed by atoms with van der Waals surface area (Å²) in [5.74, 6) is -4.08. The molecule has 0 radical (unpaired) electrons. The minimum Gasteiger partial charge on any atom is -0.478 e. The van der Waals surface area contributed by atoms with Gasteiger partial charge in [-0.05, 0) is 18.4 Å². The lowest BCUT2D eigenvalue weighted by Crippen LogP contribution is -2.25. The SMILES string of the molecule is CCCCC(CC)COC(=O)NCc1cc(C(=O)O)c(NC(=O)C(=O)O)s1. The highest BCUT2D eigenvalue weighted by atomic mass is 32.1. The van der Waals surface area contributed by atoms with Gasteiger partial charge in [-0.25, -0.2) is 14.4 Å². The van der Waals surface area contributed by atoms with Gasteiger partial charge in [0, 0.05) is 4.88 Å². The van der Waals surface area contributed by atoms with Crippen LogP contribution in [0.1, 0.15) is 54.8 Å². The number of carboxylic acids is 2. The number of aromatic carboxylic acids is 1. The van der Waals surface area contributed by atoms with Crippen molar-refractivity contribution >= 4 is 40.3 Å². The standard InChI is InChI=1S/C17H24N2O7S/c1-3-5-6-10(4-2)9-26-17(25)18-8-11-7-12(15(21)22)14(27-11)19-13(20)16(23)24/h7,10H,3-6,8-9H2,1-2H3,(H,18,25)(H,19,20)(H,21,22)(H,23,24). The van der Waals surface area contributed by atoms with Crippen LogP contribution < -0.4 is 10.6 Å². The largest absolute Gasteiger partial charge is 0.478 e. The number of amides is 2. The average molecular weight is 400 g/mol. The molecular weight excluding hydrogens is 376 g/mol. The van der Waals surface area contributed by atoms with E-state index in [0.717, 1.165) is 37.0 Å². The Morgan fingerprint density at radius 2 is 1.93 bits per heavy atom. The van der Waals surface area contributed by atoms with Gasteiger partial charge in [-0.3, -0.25) is 4.79 Å². The van der Waals surface area contributed by atoms with E-state index in [1.807, 2.05) is 12.2 Å². The van der Waals surface area contributed by atoms with E-state index >= 15 is 0 Å². The smallest absolute Gasteiger partial charge is 0.407 e. The molecule has 0 spiro atoms. The molecule has 2 amide bonds. The number of nitrogens with one attached hydrogen (secondary N) is 2. The molecular formula is C17H24N2O7S. The van der Waals surface area contributed by atoms with Crippen LogP contribution in [-0.4, -0.2) is 40.8 Å². The summed E-state index contributed by atoms with van der Waals surface area (Å²) in [4.78, 5) is 45.3. The summed E-state index contributed by atoms with van der Waals surface area (Å²) in [6, 6.07) is 1.26. The Morgan fingerprint density at radius 3 is 2.48 bits per heavy atom. The van der Waals surface area contributed by atoms with Crippen LogP contribution in [0.15, 0.2) is 6.07 Å². The molecule has 1 aromatic rings. The highest BCUT2D eigenvalue weighted by molar-refractivity contribution is 7.16. The predicted octanol–water partition coefficient (Wildman–Crippen LogP) is 2.91. The van der Waals surface area contributed by atoms with Gasteiger partial charge in [-0.15, -0.1) is 11.3 Å². The van der Waals surface area contributed by atoms with E-state index < -0.39 is 23.9 Å². The Morgan fingerprint density at radius 1 is 1.22 bits per heavy atom. The average Bonchev–Trinajstić information content (AvgIpc) is 3.03. The summed E-state index contributed by atoms with van der Waals surface area (Å²) in [7, 11) is 0. The topological polar surface area (TPSA) is 142 Å². The molecule has 27 heavy (non-hydrogen) atoms. The lowest BCUT2D eigenvalue weighted by atomic mass is 10.0. The number of rotatable bonds is 10. The van der Waals surface area contributed by atoms with E-state index in [-0.39, 0.29) is 17.1 Å². The molecule has 0 aliphatic rings. The third kappa shape index (κ3) is 7.65. The second-order valence-corrected chi connectivity index (χ2v) is 7.03. The maximum atomic E-state index is 11.8. The molecule has 1 aromatic heterocycles. The van der Waals surface area contributed by atoms with Crippen LogP contribution in [-0.2, 0) is 20.9 Å². The maximum Gasteiger partial charge on any atom is 0.407 e. The van der Waals surface area contributed by atoms with Crippen LogP contribution in [0.5, 0.6) is 0 Å². The van der Waals surface area contributed by atoms with Crippen LogP contribution in [0.25, 0.3) is 0 Å². The van der Waals surface area contributed by atoms with Gasteiger partial charge in [0.25, 0.3) is 0 Å². The number of carbonyl (C=O) groups is 4. The number of alkyl carbamates (subject to hydrolysis) is 1. The summed E-state index contributed by atoms with van der Waals surface area (Å²) in [5, 5.41) is 22.2. The zero-order chi connectivity index (χ0) is 20.4. The normalized spacial score (nSPS) is 11.5. The zero-order valence-corrected chi connectivity index (χ0v) is 16.1. The van der Waals surface area contributed by atoms with Crippen molar-refractivity contribution in [2.75, 3.05) is 11.9 Å².